The molecule has 1 aromatic carbocycles. The van der Waals surface area contributed by atoms with Crippen LogP contribution in [0.15, 0.2) is 30.4 Å². The van der Waals surface area contributed by atoms with E-state index in [1.54, 1.807) is 0 Å². The summed E-state index contributed by atoms with van der Waals surface area (Å²) in [6, 6.07) is 2.46. The Labute approximate surface area is 132 Å². The first-order valence-corrected chi connectivity index (χ1v) is 7.50. The highest BCUT2D eigenvalue weighted by molar-refractivity contribution is 6.30. The summed E-state index contributed by atoms with van der Waals surface area (Å²) in [6.45, 7) is 0. The number of carboxylic acid groups (broad SMARTS) is 1. The van der Waals surface area contributed by atoms with Crippen LogP contribution in [0.3, 0.4) is 0 Å². The highest BCUT2D eigenvalue weighted by atomic mass is 35.5. The number of carbonyl (C=O) groups is 2. The number of allylic oxidation sites excluding steroid dienone is 2. The minimum atomic E-state index is -1.28. The lowest BCUT2D eigenvalue weighted by Crippen LogP contribution is -2.39. The van der Waals surface area contributed by atoms with E-state index in [0.29, 0.717) is 5.92 Å². The zero-order valence-electron chi connectivity index (χ0n) is 11.6. The van der Waals surface area contributed by atoms with Crippen LogP contribution in [0.5, 0.6) is 0 Å². The zero-order chi connectivity index (χ0) is 15.9. The minimum Gasteiger partial charge on any atom is -0.479 e. The van der Waals surface area contributed by atoms with E-state index in [-0.39, 0.29) is 28.3 Å². The smallest absolute Gasteiger partial charge is 0.330 e. The number of rotatable bonds is 4. The van der Waals surface area contributed by atoms with Crippen LogP contribution in [-0.2, 0) is 9.59 Å². The van der Waals surface area contributed by atoms with Crippen molar-refractivity contribution in [3.05, 3.63) is 46.8 Å². The minimum absolute atomic E-state index is 0.0857. The van der Waals surface area contributed by atoms with Crippen LogP contribution < -0.4 is 5.32 Å². The molecule has 0 radical (unpaired) electrons. The number of carboxylic acids is 1. The Morgan fingerprint density at radius 2 is 2.09 bits per heavy atom. The van der Waals surface area contributed by atoms with Gasteiger partial charge in [-0.15, -0.1) is 0 Å². The first-order chi connectivity index (χ1) is 10.5. The van der Waals surface area contributed by atoms with Crippen molar-refractivity contribution in [2.75, 3.05) is 0 Å². The van der Waals surface area contributed by atoms with Crippen molar-refractivity contribution in [1.82, 2.24) is 5.32 Å². The third-order valence-corrected chi connectivity index (χ3v) is 4.73. The SMILES string of the molecule is O=C(O)[C@@H](NC(=O)[C@@H]1C[C@H]2C=C[C@H]1C2)c1ccc(Cl)c(F)c1. The number of hydrogen-bond acceptors (Lipinski definition) is 2. The zero-order valence-corrected chi connectivity index (χ0v) is 12.4. The highest BCUT2D eigenvalue weighted by Crippen LogP contribution is 2.43. The standard InChI is InChI=1S/C16H15ClFNO3/c17-12-4-3-10(7-13(12)18)14(16(21)22)19-15(20)11-6-8-1-2-9(11)5-8/h1-4,7-9,11,14H,5-6H2,(H,19,20)(H,21,22)/t8-,9-,11+,14-/m0/s1. The van der Waals surface area contributed by atoms with E-state index < -0.39 is 17.8 Å². The molecule has 2 aliphatic carbocycles. The van der Waals surface area contributed by atoms with Crippen LogP contribution in [-0.4, -0.2) is 17.0 Å². The van der Waals surface area contributed by atoms with E-state index in [2.05, 4.69) is 11.4 Å². The topological polar surface area (TPSA) is 66.4 Å². The predicted molar refractivity (Wildman–Crippen MR) is 78.8 cm³/mol. The lowest BCUT2D eigenvalue weighted by Gasteiger charge is -2.21. The average Bonchev–Trinajstić information content (AvgIpc) is 3.10. The van der Waals surface area contributed by atoms with Gasteiger partial charge in [-0.3, -0.25) is 4.79 Å². The number of aliphatic carboxylic acids is 1. The number of benzene rings is 1. The molecule has 1 aromatic rings. The molecule has 2 N–H and O–H groups in total. The van der Waals surface area contributed by atoms with E-state index in [0.717, 1.165) is 18.9 Å². The third-order valence-electron chi connectivity index (χ3n) is 4.43. The molecule has 0 heterocycles. The fourth-order valence-electron chi connectivity index (χ4n) is 3.31. The van der Waals surface area contributed by atoms with Gasteiger partial charge in [0.1, 0.15) is 5.82 Å². The summed E-state index contributed by atoms with van der Waals surface area (Å²) in [6.07, 6.45) is 5.83. The summed E-state index contributed by atoms with van der Waals surface area (Å²) in [5, 5.41) is 11.8. The second-order valence-electron chi connectivity index (χ2n) is 5.84. The molecule has 2 aliphatic rings. The first-order valence-electron chi connectivity index (χ1n) is 7.12. The van der Waals surface area contributed by atoms with Crippen LogP contribution in [0.1, 0.15) is 24.4 Å². The van der Waals surface area contributed by atoms with E-state index in [4.69, 9.17) is 11.6 Å². The number of halogens is 2. The number of hydrogen-bond donors (Lipinski definition) is 2. The lowest BCUT2D eigenvalue weighted by molar-refractivity contribution is -0.142. The largest absolute Gasteiger partial charge is 0.479 e. The highest BCUT2D eigenvalue weighted by Gasteiger charge is 2.40. The maximum atomic E-state index is 13.5. The van der Waals surface area contributed by atoms with Crippen molar-refractivity contribution in [3.63, 3.8) is 0 Å². The Morgan fingerprint density at radius 3 is 2.64 bits per heavy atom. The average molecular weight is 324 g/mol. The van der Waals surface area contributed by atoms with Gasteiger partial charge in [0.2, 0.25) is 5.91 Å². The summed E-state index contributed by atoms with van der Waals surface area (Å²) >= 11 is 5.60. The molecular formula is C16H15ClFNO3. The van der Waals surface area contributed by atoms with Crippen molar-refractivity contribution in [2.24, 2.45) is 17.8 Å². The molecule has 2 bridgehead atoms. The van der Waals surface area contributed by atoms with Crippen molar-refractivity contribution < 1.29 is 19.1 Å². The molecule has 116 valence electrons. The second-order valence-corrected chi connectivity index (χ2v) is 6.25. The van der Waals surface area contributed by atoms with Crippen LogP contribution in [0.25, 0.3) is 0 Å². The van der Waals surface area contributed by atoms with Crippen LogP contribution in [0.2, 0.25) is 5.02 Å². The molecule has 3 rings (SSSR count). The van der Waals surface area contributed by atoms with E-state index in [1.807, 2.05) is 6.08 Å². The monoisotopic (exact) mass is 323 g/mol. The van der Waals surface area contributed by atoms with Gasteiger partial charge in [0.05, 0.1) is 5.02 Å². The Hall–Kier alpha value is -1.88. The van der Waals surface area contributed by atoms with Gasteiger partial charge in [0.15, 0.2) is 6.04 Å². The van der Waals surface area contributed by atoms with Gasteiger partial charge in [-0.2, -0.15) is 0 Å². The number of nitrogens with one attached hydrogen (secondary N) is 1. The van der Waals surface area contributed by atoms with Gasteiger partial charge in [-0.05, 0) is 42.4 Å². The maximum absolute atomic E-state index is 13.5. The van der Waals surface area contributed by atoms with Crippen molar-refractivity contribution in [1.29, 1.82) is 0 Å². The van der Waals surface area contributed by atoms with Crippen LogP contribution >= 0.6 is 11.6 Å². The Bertz CT molecular complexity index is 661. The fraction of sp³-hybridized carbons (Fsp3) is 0.375. The molecule has 4 nitrogen and oxygen atoms in total. The molecule has 0 aromatic heterocycles. The number of fused-ring (bicyclic) bond motifs is 2. The fourth-order valence-corrected chi connectivity index (χ4v) is 3.43. The molecule has 1 amide bonds. The molecule has 4 atom stereocenters. The second kappa shape index (κ2) is 5.72. The van der Waals surface area contributed by atoms with E-state index >= 15 is 0 Å². The molecule has 1 fully saturated rings. The summed E-state index contributed by atoms with van der Waals surface area (Å²) in [4.78, 5) is 23.8. The molecule has 0 unspecified atom stereocenters. The van der Waals surface area contributed by atoms with Crippen LogP contribution in [0.4, 0.5) is 4.39 Å². The van der Waals surface area contributed by atoms with Crippen molar-refractivity contribution >= 4 is 23.5 Å². The number of amides is 1. The summed E-state index contributed by atoms with van der Waals surface area (Å²) in [5.41, 5.74) is 0.168. The van der Waals surface area contributed by atoms with Gasteiger partial charge in [-0.25, -0.2) is 9.18 Å². The van der Waals surface area contributed by atoms with E-state index in [9.17, 15) is 19.1 Å². The van der Waals surface area contributed by atoms with Crippen LogP contribution in [0, 0.1) is 23.6 Å². The molecule has 0 saturated heterocycles. The Kier molecular flexibility index (Phi) is 3.91. The lowest BCUT2D eigenvalue weighted by atomic mass is 9.92. The molecule has 0 spiro atoms. The van der Waals surface area contributed by atoms with Crippen molar-refractivity contribution in [3.8, 4) is 0 Å². The number of carbonyl (C=O) groups excluding carboxylic acids is 1. The Balaban J connectivity index is 1.77. The first kappa shape index (κ1) is 15.0. The van der Waals surface area contributed by atoms with Gasteiger partial charge >= 0.3 is 5.97 Å². The summed E-state index contributed by atoms with van der Waals surface area (Å²) in [7, 11) is 0. The molecule has 6 heteroatoms. The molecular weight excluding hydrogens is 309 g/mol. The molecule has 22 heavy (non-hydrogen) atoms. The van der Waals surface area contributed by atoms with Gasteiger partial charge < -0.3 is 10.4 Å². The molecule has 0 aliphatic heterocycles. The third kappa shape index (κ3) is 2.73. The maximum Gasteiger partial charge on any atom is 0.330 e. The molecule has 1 saturated carbocycles. The van der Waals surface area contributed by atoms with Crippen molar-refractivity contribution in [2.45, 2.75) is 18.9 Å². The van der Waals surface area contributed by atoms with Gasteiger partial charge in [0.25, 0.3) is 0 Å². The summed E-state index contributed by atoms with van der Waals surface area (Å²) < 4.78 is 13.5. The normalized spacial score (nSPS) is 26.9. The predicted octanol–water partition coefficient (Wildman–Crippen LogP) is 2.93. The Morgan fingerprint density at radius 1 is 1.32 bits per heavy atom. The summed E-state index contributed by atoms with van der Waals surface area (Å²) in [5.74, 6) is -1.83. The van der Waals surface area contributed by atoms with E-state index in [1.165, 1.54) is 12.1 Å². The quantitative estimate of drug-likeness (QED) is 0.837. The van der Waals surface area contributed by atoms with Gasteiger partial charge in [0, 0.05) is 5.92 Å². The van der Waals surface area contributed by atoms with Gasteiger partial charge in [-0.1, -0.05) is 29.8 Å².